The molecule has 1 fully saturated rings. The van der Waals surface area contributed by atoms with Crippen LogP contribution in [0.15, 0.2) is 17.2 Å². The number of ether oxygens (including phenoxy) is 1. The van der Waals surface area contributed by atoms with Crippen LogP contribution in [-0.4, -0.2) is 36.4 Å². The average molecular weight is 287 g/mol. The number of anilines is 1. The predicted octanol–water partition coefficient (Wildman–Crippen LogP) is 1.25. The molecule has 1 aromatic heterocycles. The van der Waals surface area contributed by atoms with Crippen LogP contribution in [-0.2, 0) is 16.0 Å². The number of hydrogen-bond acceptors (Lipinski definition) is 5. The van der Waals surface area contributed by atoms with E-state index in [0.717, 1.165) is 0 Å². The standard InChI is InChI=1S/C13H13N5O3/c14-17-15-5-8-3-13(20)18(6-8)12-2-1-11-10(16-12)4-9(19)7-21-11/h1-2,8H,3-7H2/t8-/m1/s1. The fraction of sp³-hybridized carbons (Fsp3) is 0.462. The van der Waals surface area contributed by atoms with E-state index < -0.39 is 0 Å². The summed E-state index contributed by atoms with van der Waals surface area (Å²) in [6, 6.07) is 3.45. The first-order valence-electron chi connectivity index (χ1n) is 6.63. The number of amides is 1. The van der Waals surface area contributed by atoms with Crippen molar-refractivity contribution in [1.82, 2.24) is 4.98 Å². The molecular formula is C13H13N5O3. The van der Waals surface area contributed by atoms with Crippen LogP contribution < -0.4 is 9.64 Å². The number of nitrogens with zero attached hydrogens (tertiary/aromatic N) is 5. The van der Waals surface area contributed by atoms with Gasteiger partial charge in [0.1, 0.15) is 18.2 Å². The van der Waals surface area contributed by atoms with Crippen LogP contribution >= 0.6 is 0 Å². The number of pyridine rings is 1. The molecule has 0 aliphatic carbocycles. The van der Waals surface area contributed by atoms with Gasteiger partial charge in [-0.2, -0.15) is 0 Å². The van der Waals surface area contributed by atoms with E-state index in [2.05, 4.69) is 15.0 Å². The highest BCUT2D eigenvalue weighted by Crippen LogP contribution is 2.28. The fourth-order valence-electron chi connectivity index (χ4n) is 2.56. The van der Waals surface area contributed by atoms with Crippen molar-refractivity contribution in [3.05, 3.63) is 28.3 Å². The van der Waals surface area contributed by atoms with E-state index in [-0.39, 0.29) is 30.6 Å². The lowest BCUT2D eigenvalue weighted by atomic mass is 10.1. The van der Waals surface area contributed by atoms with Gasteiger partial charge in [0, 0.05) is 24.4 Å². The van der Waals surface area contributed by atoms with Crippen LogP contribution in [0.4, 0.5) is 5.82 Å². The molecule has 0 saturated carbocycles. The summed E-state index contributed by atoms with van der Waals surface area (Å²) in [5.41, 5.74) is 8.90. The first-order chi connectivity index (χ1) is 10.2. The topological polar surface area (TPSA) is 108 Å². The molecule has 3 heterocycles. The largest absolute Gasteiger partial charge is 0.484 e. The summed E-state index contributed by atoms with van der Waals surface area (Å²) >= 11 is 0. The van der Waals surface area contributed by atoms with Crippen molar-refractivity contribution in [2.24, 2.45) is 11.0 Å². The summed E-state index contributed by atoms with van der Waals surface area (Å²) in [6.45, 7) is 0.842. The van der Waals surface area contributed by atoms with Crippen molar-refractivity contribution < 1.29 is 14.3 Å². The lowest BCUT2D eigenvalue weighted by molar-refractivity contribution is -0.121. The predicted molar refractivity (Wildman–Crippen MR) is 72.9 cm³/mol. The fourth-order valence-corrected chi connectivity index (χ4v) is 2.56. The normalized spacial score (nSPS) is 20.8. The van der Waals surface area contributed by atoms with Crippen LogP contribution in [0.1, 0.15) is 12.1 Å². The van der Waals surface area contributed by atoms with Gasteiger partial charge in [0.15, 0.2) is 5.78 Å². The van der Waals surface area contributed by atoms with Gasteiger partial charge in [0.25, 0.3) is 0 Å². The van der Waals surface area contributed by atoms with Gasteiger partial charge in [-0.1, -0.05) is 5.11 Å². The lowest BCUT2D eigenvalue weighted by Gasteiger charge is -2.20. The van der Waals surface area contributed by atoms with Crippen molar-refractivity contribution >= 4 is 17.5 Å². The van der Waals surface area contributed by atoms with Crippen molar-refractivity contribution in [3.8, 4) is 5.75 Å². The molecule has 0 N–H and O–H groups in total. The number of azide groups is 1. The third-order valence-corrected chi connectivity index (χ3v) is 3.56. The Morgan fingerprint density at radius 3 is 3.14 bits per heavy atom. The Labute approximate surface area is 120 Å². The second-order valence-corrected chi connectivity index (χ2v) is 5.11. The van der Waals surface area contributed by atoms with Crippen molar-refractivity contribution in [2.75, 3.05) is 24.6 Å². The molecule has 2 aliphatic rings. The van der Waals surface area contributed by atoms with Crippen LogP contribution in [0.25, 0.3) is 10.4 Å². The molecule has 1 atom stereocenters. The van der Waals surface area contributed by atoms with Crippen LogP contribution in [0.3, 0.4) is 0 Å². The molecule has 1 amide bonds. The van der Waals surface area contributed by atoms with Crippen molar-refractivity contribution in [3.63, 3.8) is 0 Å². The Bertz CT molecular complexity index is 653. The van der Waals surface area contributed by atoms with Gasteiger partial charge in [0.2, 0.25) is 5.91 Å². The molecule has 8 heteroatoms. The Kier molecular flexibility index (Phi) is 3.45. The minimum Gasteiger partial charge on any atom is -0.484 e. The zero-order chi connectivity index (χ0) is 14.8. The van der Waals surface area contributed by atoms with Crippen LogP contribution in [0.2, 0.25) is 0 Å². The Balaban J connectivity index is 1.81. The highest BCUT2D eigenvalue weighted by atomic mass is 16.5. The zero-order valence-electron chi connectivity index (χ0n) is 11.2. The van der Waals surface area contributed by atoms with Gasteiger partial charge >= 0.3 is 0 Å². The molecule has 1 saturated heterocycles. The average Bonchev–Trinajstić information content (AvgIpc) is 2.85. The van der Waals surface area contributed by atoms with E-state index in [0.29, 0.717) is 36.8 Å². The molecule has 8 nitrogen and oxygen atoms in total. The van der Waals surface area contributed by atoms with Crippen molar-refractivity contribution in [2.45, 2.75) is 12.8 Å². The maximum atomic E-state index is 12.0. The summed E-state index contributed by atoms with van der Waals surface area (Å²) in [5.74, 6) is 1.03. The summed E-state index contributed by atoms with van der Waals surface area (Å²) in [5, 5.41) is 3.51. The molecule has 2 aliphatic heterocycles. The van der Waals surface area contributed by atoms with Gasteiger partial charge < -0.3 is 4.74 Å². The molecule has 21 heavy (non-hydrogen) atoms. The maximum absolute atomic E-state index is 12.0. The minimum absolute atomic E-state index is 0.00381. The Hall–Kier alpha value is -2.60. The number of rotatable bonds is 3. The van der Waals surface area contributed by atoms with Gasteiger partial charge in [0.05, 0.1) is 12.1 Å². The van der Waals surface area contributed by atoms with Crippen LogP contribution in [0.5, 0.6) is 5.75 Å². The highest BCUT2D eigenvalue weighted by Gasteiger charge is 2.31. The van der Waals surface area contributed by atoms with E-state index in [4.69, 9.17) is 10.3 Å². The molecule has 0 radical (unpaired) electrons. The third kappa shape index (κ3) is 2.66. The van der Waals surface area contributed by atoms with E-state index in [9.17, 15) is 9.59 Å². The molecule has 0 unspecified atom stereocenters. The van der Waals surface area contributed by atoms with E-state index in [1.807, 2.05) is 0 Å². The summed E-state index contributed by atoms with van der Waals surface area (Å²) in [6.07, 6.45) is 0.570. The van der Waals surface area contributed by atoms with E-state index in [1.54, 1.807) is 17.0 Å². The molecule has 0 aromatic carbocycles. The second-order valence-electron chi connectivity index (χ2n) is 5.11. The Morgan fingerprint density at radius 1 is 1.48 bits per heavy atom. The SMILES string of the molecule is [N-]=[N+]=NC[C@H]1CC(=O)N(c2ccc3c(n2)CC(=O)CO3)C1. The first kappa shape index (κ1) is 13.4. The number of aromatic nitrogens is 1. The molecule has 3 rings (SSSR count). The molecule has 0 bridgehead atoms. The van der Waals surface area contributed by atoms with Gasteiger partial charge in [-0.25, -0.2) is 4.98 Å². The lowest BCUT2D eigenvalue weighted by Crippen LogP contribution is -2.27. The number of ketones is 1. The number of hydrogen-bond donors (Lipinski definition) is 0. The Morgan fingerprint density at radius 2 is 2.33 bits per heavy atom. The van der Waals surface area contributed by atoms with E-state index >= 15 is 0 Å². The first-order valence-corrected chi connectivity index (χ1v) is 6.63. The van der Waals surface area contributed by atoms with Crippen LogP contribution in [0, 0.1) is 5.92 Å². The molecular weight excluding hydrogens is 274 g/mol. The molecule has 1 aromatic rings. The number of carbonyl (C=O) groups is 2. The minimum atomic E-state index is -0.0522. The van der Waals surface area contributed by atoms with Gasteiger partial charge in [-0.3, -0.25) is 14.5 Å². The quantitative estimate of drug-likeness (QED) is 0.473. The van der Waals surface area contributed by atoms with Gasteiger partial charge in [-0.15, -0.1) is 0 Å². The van der Waals surface area contributed by atoms with E-state index in [1.165, 1.54) is 0 Å². The second kappa shape index (κ2) is 5.41. The maximum Gasteiger partial charge on any atom is 0.228 e. The van der Waals surface area contributed by atoms with Crippen molar-refractivity contribution in [1.29, 1.82) is 0 Å². The number of carbonyl (C=O) groups excluding carboxylic acids is 2. The molecule has 108 valence electrons. The summed E-state index contributed by atoms with van der Waals surface area (Å²) in [4.78, 5) is 32.1. The smallest absolute Gasteiger partial charge is 0.228 e. The summed E-state index contributed by atoms with van der Waals surface area (Å²) in [7, 11) is 0. The molecule has 0 spiro atoms. The monoisotopic (exact) mass is 287 g/mol. The summed E-state index contributed by atoms with van der Waals surface area (Å²) < 4.78 is 5.28. The highest BCUT2D eigenvalue weighted by molar-refractivity contribution is 5.95. The third-order valence-electron chi connectivity index (χ3n) is 3.56. The van der Waals surface area contributed by atoms with Gasteiger partial charge in [-0.05, 0) is 23.6 Å². The number of fused-ring (bicyclic) bond motifs is 1. The zero-order valence-corrected chi connectivity index (χ0v) is 11.2. The number of Topliss-reactive ketones (excluding diaryl/α,β-unsaturated/α-hetero) is 1.